The highest BCUT2D eigenvalue weighted by molar-refractivity contribution is 6.32. The van der Waals surface area contributed by atoms with Gasteiger partial charge in [0.1, 0.15) is 0 Å². The van der Waals surface area contributed by atoms with Crippen LogP contribution in [-0.2, 0) is 13.1 Å². The van der Waals surface area contributed by atoms with Crippen molar-refractivity contribution < 1.29 is 9.47 Å². The molecular formula is C15H15ClN2O2. The quantitative estimate of drug-likeness (QED) is 0.940. The normalized spacial score (nSPS) is 12.7. The van der Waals surface area contributed by atoms with E-state index in [2.05, 4.69) is 17.2 Å². The van der Waals surface area contributed by atoms with Crippen LogP contribution in [0.4, 0.5) is 0 Å². The van der Waals surface area contributed by atoms with E-state index in [1.54, 1.807) is 6.20 Å². The Hall–Kier alpha value is -1.78. The Balaban J connectivity index is 1.65. The molecule has 0 atom stereocenters. The number of pyridine rings is 1. The van der Waals surface area contributed by atoms with E-state index in [0.717, 1.165) is 12.1 Å². The highest BCUT2D eigenvalue weighted by Crippen LogP contribution is 2.39. The van der Waals surface area contributed by atoms with Crippen LogP contribution in [0.2, 0.25) is 5.02 Å². The van der Waals surface area contributed by atoms with E-state index in [1.807, 2.05) is 24.4 Å². The SMILES string of the molecule is Cc1ccncc1CNCc1cc(Cl)c2c(c1)OCO2. The molecule has 0 saturated heterocycles. The maximum absolute atomic E-state index is 6.15. The van der Waals surface area contributed by atoms with Gasteiger partial charge in [-0.2, -0.15) is 0 Å². The van der Waals surface area contributed by atoms with Crippen LogP contribution in [-0.4, -0.2) is 11.8 Å². The van der Waals surface area contributed by atoms with Gasteiger partial charge in [-0.05, 0) is 41.8 Å². The van der Waals surface area contributed by atoms with Gasteiger partial charge in [0.15, 0.2) is 11.5 Å². The standard InChI is InChI=1S/C15H15ClN2O2/c1-10-2-3-17-7-12(10)8-18-6-11-4-13(16)15-14(5-11)19-9-20-15/h2-5,7,18H,6,8-9H2,1H3. The minimum absolute atomic E-state index is 0.237. The summed E-state index contributed by atoms with van der Waals surface area (Å²) in [5, 5.41) is 3.97. The minimum Gasteiger partial charge on any atom is -0.454 e. The molecule has 0 saturated carbocycles. The number of fused-ring (bicyclic) bond motifs is 1. The van der Waals surface area contributed by atoms with E-state index >= 15 is 0 Å². The van der Waals surface area contributed by atoms with Crippen molar-refractivity contribution in [3.8, 4) is 11.5 Å². The molecule has 20 heavy (non-hydrogen) atoms. The van der Waals surface area contributed by atoms with Crippen LogP contribution in [0.15, 0.2) is 30.6 Å². The molecular weight excluding hydrogens is 276 g/mol. The van der Waals surface area contributed by atoms with Crippen molar-refractivity contribution in [1.82, 2.24) is 10.3 Å². The van der Waals surface area contributed by atoms with Crippen LogP contribution in [0, 0.1) is 6.92 Å². The first-order valence-corrected chi connectivity index (χ1v) is 6.80. The van der Waals surface area contributed by atoms with Crippen LogP contribution >= 0.6 is 11.6 Å². The van der Waals surface area contributed by atoms with Gasteiger partial charge in [-0.25, -0.2) is 0 Å². The molecule has 2 heterocycles. The Morgan fingerprint density at radius 3 is 3.05 bits per heavy atom. The van der Waals surface area contributed by atoms with Gasteiger partial charge in [-0.3, -0.25) is 4.98 Å². The number of ether oxygens (including phenoxy) is 2. The Kier molecular flexibility index (Phi) is 3.76. The van der Waals surface area contributed by atoms with Gasteiger partial charge in [0.25, 0.3) is 0 Å². The molecule has 0 radical (unpaired) electrons. The molecule has 0 amide bonds. The van der Waals surface area contributed by atoms with Gasteiger partial charge in [-0.15, -0.1) is 0 Å². The molecule has 0 aliphatic carbocycles. The van der Waals surface area contributed by atoms with Crippen LogP contribution in [0.1, 0.15) is 16.7 Å². The number of hydrogen-bond acceptors (Lipinski definition) is 4. The lowest BCUT2D eigenvalue weighted by molar-refractivity contribution is 0.174. The van der Waals surface area contributed by atoms with Crippen LogP contribution in [0.5, 0.6) is 11.5 Å². The lowest BCUT2D eigenvalue weighted by Gasteiger charge is -2.08. The molecule has 1 aliphatic rings. The molecule has 3 rings (SSSR count). The predicted molar refractivity (Wildman–Crippen MR) is 77.1 cm³/mol. The fourth-order valence-corrected chi connectivity index (χ4v) is 2.43. The van der Waals surface area contributed by atoms with Crippen molar-refractivity contribution in [3.05, 3.63) is 52.3 Å². The topological polar surface area (TPSA) is 43.4 Å². The Morgan fingerprint density at radius 2 is 2.20 bits per heavy atom. The molecule has 0 bridgehead atoms. The van der Waals surface area contributed by atoms with Crippen LogP contribution in [0.3, 0.4) is 0 Å². The zero-order chi connectivity index (χ0) is 13.9. The second-order valence-corrected chi connectivity index (χ2v) is 5.12. The van der Waals surface area contributed by atoms with Crippen molar-refractivity contribution in [2.24, 2.45) is 0 Å². The van der Waals surface area contributed by atoms with E-state index in [-0.39, 0.29) is 6.79 Å². The molecule has 1 aromatic carbocycles. The van der Waals surface area contributed by atoms with Gasteiger partial charge in [0.2, 0.25) is 6.79 Å². The van der Waals surface area contributed by atoms with Crippen molar-refractivity contribution in [1.29, 1.82) is 0 Å². The fraction of sp³-hybridized carbons (Fsp3) is 0.267. The second-order valence-electron chi connectivity index (χ2n) is 4.72. The van der Waals surface area contributed by atoms with E-state index in [4.69, 9.17) is 21.1 Å². The zero-order valence-corrected chi connectivity index (χ0v) is 11.9. The Bertz CT molecular complexity index is 631. The fourth-order valence-electron chi connectivity index (χ4n) is 2.15. The average Bonchev–Trinajstić information content (AvgIpc) is 2.90. The van der Waals surface area contributed by atoms with E-state index in [1.165, 1.54) is 11.1 Å². The highest BCUT2D eigenvalue weighted by Gasteiger charge is 2.17. The molecule has 104 valence electrons. The number of aromatic nitrogens is 1. The average molecular weight is 291 g/mol. The molecule has 1 aliphatic heterocycles. The predicted octanol–water partition coefficient (Wildman–Crippen LogP) is 3.06. The second kappa shape index (κ2) is 5.69. The minimum atomic E-state index is 0.237. The van der Waals surface area contributed by atoms with Crippen molar-refractivity contribution >= 4 is 11.6 Å². The molecule has 0 spiro atoms. The third kappa shape index (κ3) is 2.71. The number of hydrogen-bond donors (Lipinski definition) is 1. The van der Waals surface area contributed by atoms with Crippen molar-refractivity contribution in [2.75, 3.05) is 6.79 Å². The summed E-state index contributed by atoms with van der Waals surface area (Å²) in [4.78, 5) is 4.13. The summed E-state index contributed by atoms with van der Waals surface area (Å²) in [6.45, 7) is 3.80. The summed E-state index contributed by atoms with van der Waals surface area (Å²) in [6.07, 6.45) is 3.69. The molecule has 5 heteroatoms. The summed E-state index contributed by atoms with van der Waals surface area (Å²) in [7, 11) is 0. The lowest BCUT2D eigenvalue weighted by Crippen LogP contribution is -2.13. The van der Waals surface area contributed by atoms with Gasteiger partial charge < -0.3 is 14.8 Å². The number of halogens is 1. The van der Waals surface area contributed by atoms with Gasteiger partial charge in [0, 0.05) is 25.5 Å². The van der Waals surface area contributed by atoms with Crippen LogP contribution < -0.4 is 14.8 Å². The van der Waals surface area contributed by atoms with Crippen molar-refractivity contribution in [3.63, 3.8) is 0 Å². The zero-order valence-electron chi connectivity index (χ0n) is 11.1. The monoisotopic (exact) mass is 290 g/mol. The molecule has 4 nitrogen and oxygen atoms in total. The van der Waals surface area contributed by atoms with E-state index < -0.39 is 0 Å². The first-order chi connectivity index (χ1) is 9.74. The van der Waals surface area contributed by atoms with Gasteiger partial charge >= 0.3 is 0 Å². The Morgan fingerprint density at radius 1 is 1.30 bits per heavy atom. The maximum Gasteiger partial charge on any atom is 0.231 e. The third-order valence-electron chi connectivity index (χ3n) is 3.28. The lowest BCUT2D eigenvalue weighted by atomic mass is 10.1. The number of aryl methyl sites for hydroxylation is 1. The summed E-state index contributed by atoms with van der Waals surface area (Å²) in [5.41, 5.74) is 3.50. The summed E-state index contributed by atoms with van der Waals surface area (Å²) < 4.78 is 10.7. The molecule has 0 unspecified atom stereocenters. The molecule has 2 aromatic rings. The molecule has 1 N–H and O–H groups in total. The summed E-state index contributed by atoms with van der Waals surface area (Å²) >= 11 is 6.15. The van der Waals surface area contributed by atoms with Crippen molar-refractivity contribution in [2.45, 2.75) is 20.0 Å². The highest BCUT2D eigenvalue weighted by atomic mass is 35.5. The van der Waals surface area contributed by atoms with E-state index in [0.29, 0.717) is 23.1 Å². The maximum atomic E-state index is 6.15. The largest absolute Gasteiger partial charge is 0.454 e. The summed E-state index contributed by atoms with van der Waals surface area (Å²) in [6, 6.07) is 5.87. The number of nitrogens with one attached hydrogen (secondary N) is 1. The van der Waals surface area contributed by atoms with Gasteiger partial charge in [-0.1, -0.05) is 11.6 Å². The summed E-state index contributed by atoms with van der Waals surface area (Å²) in [5.74, 6) is 1.35. The Labute approximate surface area is 122 Å². The van der Waals surface area contributed by atoms with Crippen LogP contribution in [0.25, 0.3) is 0 Å². The smallest absolute Gasteiger partial charge is 0.231 e. The molecule has 1 aromatic heterocycles. The van der Waals surface area contributed by atoms with Gasteiger partial charge in [0.05, 0.1) is 5.02 Å². The number of rotatable bonds is 4. The number of nitrogens with zero attached hydrogens (tertiary/aromatic N) is 1. The first-order valence-electron chi connectivity index (χ1n) is 6.42. The van der Waals surface area contributed by atoms with E-state index in [9.17, 15) is 0 Å². The first kappa shape index (κ1) is 13.2. The third-order valence-corrected chi connectivity index (χ3v) is 3.56. The number of benzene rings is 1. The molecule has 0 fully saturated rings.